The Morgan fingerprint density at radius 1 is 1.16 bits per heavy atom. The molecule has 4 aromatic rings. The van der Waals surface area contributed by atoms with E-state index in [9.17, 15) is 10.1 Å². The molecule has 124 valence electrons. The average Bonchev–Trinajstić information content (AvgIpc) is 3.02. The molecule has 4 rings (SSSR count). The van der Waals surface area contributed by atoms with Crippen molar-refractivity contribution in [2.45, 2.75) is 0 Å². The van der Waals surface area contributed by atoms with Gasteiger partial charge in [0.2, 0.25) is 11.3 Å². The summed E-state index contributed by atoms with van der Waals surface area (Å²) in [6.45, 7) is 0. The Hall–Kier alpha value is -3.68. The summed E-state index contributed by atoms with van der Waals surface area (Å²) in [7, 11) is 1.43. The molecule has 0 bridgehead atoms. The van der Waals surface area contributed by atoms with Gasteiger partial charge in [0, 0.05) is 5.39 Å². The molecule has 0 atom stereocenters. The second kappa shape index (κ2) is 5.75. The van der Waals surface area contributed by atoms with E-state index >= 15 is 0 Å². The van der Waals surface area contributed by atoms with Crippen LogP contribution in [0.3, 0.4) is 0 Å². The molecule has 2 aromatic heterocycles. The lowest BCUT2D eigenvalue weighted by Gasteiger charge is -2.06. The topological polar surface area (TPSA) is 101 Å². The van der Waals surface area contributed by atoms with Crippen molar-refractivity contribution in [2.24, 2.45) is 0 Å². The minimum atomic E-state index is -0.547. The molecule has 0 N–H and O–H groups in total. The van der Waals surface area contributed by atoms with Gasteiger partial charge in [-0.05, 0) is 24.3 Å². The van der Waals surface area contributed by atoms with Crippen molar-refractivity contribution in [1.82, 2.24) is 9.97 Å². The van der Waals surface area contributed by atoms with Gasteiger partial charge in [-0.1, -0.05) is 12.1 Å². The molecule has 0 aliphatic carbocycles. The highest BCUT2D eigenvalue weighted by Gasteiger charge is 2.21. The molecule has 0 amide bonds. The van der Waals surface area contributed by atoms with Crippen LogP contribution in [-0.2, 0) is 0 Å². The van der Waals surface area contributed by atoms with E-state index in [4.69, 9.17) is 13.9 Å². The van der Waals surface area contributed by atoms with Gasteiger partial charge in [0.15, 0.2) is 0 Å². The maximum atomic E-state index is 11.3. The number of nitro benzene ring substituents is 1. The second-order valence-electron chi connectivity index (χ2n) is 5.15. The van der Waals surface area contributed by atoms with Crippen molar-refractivity contribution in [1.29, 1.82) is 0 Å². The van der Waals surface area contributed by atoms with Gasteiger partial charge >= 0.3 is 5.69 Å². The number of furan rings is 1. The van der Waals surface area contributed by atoms with Crippen molar-refractivity contribution < 1.29 is 18.8 Å². The van der Waals surface area contributed by atoms with E-state index in [0.29, 0.717) is 22.4 Å². The summed E-state index contributed by atoms with van der Waals surface area (Å²) in [5, 5.41) is 12.1. The van der Waals surface area contributed by atoms with Gasteiger partial charge in [-0.15, -0.1) is 0 Å². The number of benzene rings is 2. The zero-order valence-electron chi connectivity index (χ0n) is 13.0. The van der Waals surface area contributed by atoms with E-state index in [-0.39, 0.29) is 17.3 Å². The van der Waals surface area contributed by atoms with Crippen LogP contribution in [0, 0.1) is 10.1 Å². The molecular formula is C17H11N3O5. The first-order valence-corrected chi connectivity index (χ1v) is 7.30. The summed E-state index contributed by atoms with van der Waals surface area (Å²) in [4.78, 5) is 19.0. The third-order valence-corrected chi connectivity index (χ3v) is 3.69. The van der Waals surface area contributed by atoms with Crippen molar-refractivity contribution in [3.63, 3.8) is 0 Å². The standard InChI is InChI=1S/C17H11N3O5/c1-23-10-6-7-14(12(8-10)20(21)22)25-17-16-15(18-9-19-17)11-4-2-3-5-13(11)24-16/h2-9H,1H3. The molecule has 2 aromatic carbocycles. The van der Waals surface area contributed by atoms with Crippen LogP contribution < -0.4 is 9.47 Å². The molecule has 0 aliphatic heterocycles. The summed E-state index contributed by atoms with van der Waals surface area (Å²) < 4.78 is 16.4. The molecule has 0 fully saturated rings. The molecule has 0 spiro atoms. The fraction of sp³-hybridized carbons (Fsp3) is 0.0588. The monoisotopic (exact) mass is 337 g/mol. The van der Waals surface area contributed by atoms with Gasteiger partial charge in [0.25, 0.3) is 5.88 Å². The molecule has 0 saturated carbocycles. The fourth-order valence-corrected chi connectivity index (χ4v) is 2.53. The minimum absolute atomic E-state index is 0.0336. The maximum absolute atomic E-state index is 11.3. The van der Waals surface area contributed by atoms with E-state index in [1.807, 2.05) is 18.2 Å². The zero-order valence-corrected chi connectivity index (χ0v) is 13.0. The van der Waals surface area contributed by atoms with Gasteiger partial charge < -0.3 is 13.9 Å². The first-order chi connectivity index (χ1) is 12.2. The van der Waals surface area contributed by atoms with Gasteiger partial charge in [-0.3, -0.25) is 10.1 Å². The van der Waals surface area contributed by atoms with Crippen molar-refractivity contribution in [3.05, 3.63) is 58.9 Å². The molecule has 0 radical (unpaired) electrons. The first-order valence-electron chi connectivity index (χ1n) is 7.30. The lowest BCUT2D eigenvalue weighted by molar-refractivity contribution is -0.385. The number of ether oxygens (including phenoxy) is 2. The number of fused-ring (bicyclic) bond motifs is 3. The Morgan fingerprint density at radius 2 is 2.00 bits per heavy atom. The quantitative estimate of drug-likeness (QED) is 0.408. The number of para-hydroxylation sites is 1. The Morgan fingerprint density at radius 3 is 2.80 bits per heavy atom. The highest BCUT2D eigenvalue weighted by molar-refractivity contribution is 6.03. The van der Waals surface area contributed by atoms with E-state index < -0.39 is 4.92 Å². The Bertz CT molecular complexity index is 1110. The predicted octanol–water partition coefficient (Wildman–Crippen LogP) is 4.09. The van der Waals surface area contributed by atoms with Crippen LogP contribution in [0.2, 0.25) is 0 Å². The highest BCUT2D eigenvalue weighted by Crippen LogP contribution is 2.37. The number of hydrogen-bond acceptors (Lipinski definition) is 7. The van der Waals surface area contributed by atoms with Crippen LogP contribution in [-0.4, -0.2) is 22.0 Å². The number of rotatable bonds is 4. The molecule has 0 aliphatic rings. The van der Waals surface area contributed by atoms with Crippen molar-refractivity contribution in [2.75, 3.05) is 7.11 Å². The van der Waals surface area contributed by atoms with Crippen LogP contribution in [0.1, 0.15) is 0 Å². The van der Waals surface area contributed by atoms with E-state index in [1.165, 1.54) is 25.6 Å². The third kappa shape index (κ3) is 2.49. The molecule has 8 heteroatoms. The average molecular weight is 337 g/mol. The summed E-state index contributed by atoms with van der Waals surface area (Å²) in [6.07, 6.45) is 1.33. The molecule has 0 unspecified atom stereocenters. The number of methoxy groups -OCH3 is 1. The van der Waals surface area contributed by atoms with Crippen molar-refractivity contribution >= 4 is 27.8 Å². The largest absolute Gasteiger partial charge is 0.496 e. The van der Waals surface area contributed by atoms with E-state index in [2.05, 4.69) is 9.97 Å². The Kier molecular flexibility index (Phi) is 3.42. The first kappa shape index (κ1) is 14.9. The second-order valence-corrected chi connectivity index (χ2v) is 5.15. The third-order valence-electron chi connectivity index (χ3n) is 3.69. The summed E-state index contributed by atoms with van der Waals surface area (Å²) >= 11 is 0. The van der Waals surface area contributed by atoms with Crippen LogP contribution >= 0.6 is 0 Å². The van der Waals surface area contributed by atoms with Crippen LogP contribution in [0.15, 0.2) is 53.2 Å². The highest BCUT2D eigenvalue weighted by atomic mass is 16.6. The van der Waals surface area contributed by atoms with Crippen molar-refractivity contribution in [3.8, 4) is 17.4 Å². The number of aromatic nitrogens is 2. The smallest absolute Gasteiger partial charge is 0.315 e. The SMILES string of the molecule is COc1ccc(Oc2ncnc3c2oc2ccccc23)c([N+](=O)[O-])c1. The van der Waals surface area contributed by atoms with Crippen LogP contribution in [0.25, 0.3) is 22.1 Å². The van der Waals surface area contributed by atoms with Crippen LogP contribution in [0.4, 0.5) is 5.69 Å². The fourth-order valence-electron chi connectivity index (χ4n) is 2.53. The van der Waals surface area contributed by atoms with Crippen LogP contribution in [0.5, 0.6) is 17.4 Å². The van der Waals surface area contributed by atoms with E-state index in [1.54, 1.807) is 12.1 Å². The minimum Gasteiger partial charge on any atom is -0.496 e. The predicted molar refractivity (Wildman–Crippen MR) is 89.0 cm³/mol. The Labute approximate surface area is 140 Å². The summed E-state index contributed by atoms with van der Waals surface area (Å²) in [5.74, 6) is 0.497. The molecule has 0 saturated heterocycles. The molecule has 8 nitrogen and oxygen atoms in total. The molecule has 2 heterocycles. The van der Waals surface area contributed by atoms with E-state index in [0.717, 1.165) is 5.39 Å². The summed E-state index contributed by atoms with van der Waals surface area (Å²) in [5.41, 5.74) is 1.31. The number of nitrogens with zero attached hydrogens (tertiary/aromatic N) is 3. The van der Waals surface area contributed by atoms with Gasteiger partial charge in [-0.2, -0.15) is 4.98 Å². The van der Waals surface area contributed by atoms with Gasteiger partial charge in [0.05, 0.1) is 18.1 Å². The number of hydrogen-bond donors (Lipinski definition) is 0. The molecule has 25 heavy (non-hydrogen) atoms. The lowest BCUT2D eigenvalue weighted by atomic mass is 10.2. The normalized spacial score (nSPS) is 10.9. The summed E-state index contributed by atoms with van der Waals surface area (Å²) in [6, 6.07) is 11.7. The van der Waals surface area contributed by atoms with Gasteiger partial charge in [-0.25, -0.2) is 4.98 Å². The lowest BCUT2D eigenvalue weighted by Crippen LogP contribution is -1.96. The maximum Gasteiger partial charge on any atom is 0.315 e. The zero-order chi connectivity index (χ0) is 17.4. The number of nitro groups is 1. The van der Waals surface area contributed by atoms with Gasteiger partial charge in [0.1, 0.15) is 23.2 Å². The Balaban J connectivity index is 1.85. The molecular weight excluding hydrogens is 326 g/mol.